The number of hydrogen-bond donors (Lipinski definition) is 1. The summed E-state index contributed by atoms with van der Waals surface area (Å²) in [5.74, 6) is -1.21. The summed E-state index contributed by atoms with van der Waals surface area (Å²) in [7, 11) is 3.47. The Kier molecular flexibility index (Phi) is 4.40. The molecule has 1 N–H and O–H groups in total. The number of nitrogens with zero attached hydrogens (tertiary/aromatic N) is 2. The summed E-state index contributed by atoms with van der Waals surface area (Å²) in [6.07, 6.45) is 2.65. The molecular weight excluding hydrogens is 308 g/mol. The standard InChI is InChI=1S/C18H20N2O4/c1-19-11-15(18(22)23)17(21)9-16(19)12-3-5-13(6-4-12)20-8-7-14(10-20)24-2/h3-6,9,11,14H,7-8,10H2,1-2H3,(H,22,23)/t14-/m1/s1. The highest BCUT2D eigenvalue weighted by Gasteiger charge is 2.22. The molecule has 0 spiro atoms. The number of methoxy groups -OCH3 is 1. The van der Waals surface area contributed by atoms with Crippen LogP contribution in [0, 0.1) is 0 Å². The number of hydrogen-bond acceptors (Lipinski definition) is 4. The molecular formula is C18H20N2O4. The van der Waals surface area contributed by atoms with Gasteiger partial charge in [0.05, 0.1) is 11.8 Å². The Morgan fingerprint density at radius 3 is 2.58 bits per heavy atom. The lowest BCUT2D eigenvalue weighted by Crippen LogP contribution is -2.22. The maximum Gasteiger partial charge on any atom is 0.341 e. The van der Waals surface area contributed by atoms with Crippen LogP contribution in [0.1, 0.15) is 16.8 Å². The number of aromatic nitrogens is 1. The first-order valence-electron chi connectivity index (χ1n) is 7.81. The summed E-state index contributed by atoms with van der Waals surface area (Å²) in [6, 6.07) is 9.30. The maximum absolute atomic E-state index is 11.9. The number of ether oxygens (including phenoxy) is 1. The number of carboxylic acid groups (broad SMARTS) is 1. The van der Waals surface area contributed by atoms with Crippen LogP contribution >= 0.6 is 0 Å². The Morgan fingerprint density at radius 2 is 2.00 bits per heavy atom. The lowest BCUT2D eigenvalue weighted by molar-refractivity contribution is 0.0694. The van der Waals surface area contributed by atoms with Gasteiger partial charge < -0.3 is 19.3 Å². The third kappa shape index (κ3) is 3.05. The van der Waals surface area contributed by atoms with Crippen LogP contribution in [0.25, 0.3) is 11.3 Å². The van der Waals surface area contributed by atoms with E-state index < -0.39 is 11.4 Å². The minimum atomic E-state index is -1.21. The summed E-state index contributed by atoms with van der Waals surface area (Å²) in [5, 5.41) is 9.02. The average molecular weight is 328 g/mol. The Bertz CT molecular complexity index is 811. The fourth-order valence-electron chi connectivity index (χ4n) is 3.08. The number of carboxylic acids is 1. The van der Waals surface area contributed by atoms with Crippen molar-refractivity contribution in [3.63, 3.8) is 0 Å². The molecule has 24 heavy (non-hydrogen) atoms. The van der Waals surface area contributed by atoms with Crippen molar-refractivity contribution in [2.75, 3.05) is 25.1 Å². The zero-order valence-electron chi connectivity index (χ0n) is 13.7. The van der Waals surface area contributed by atoms with E-state index in [9.17, 15) is 9.59 Å². The zero-order chi connectivity index (χ0) is 17.3. The molecule has 2 heterocycles. The van der Waals surface area contributed by atoms with E-state index in [1.165, 1.54) is 12.3 Å². The number of anilines is 1. The Hall–Kier alpha value is -2.60. The van der Waals surface area contributed by atoms with Gasteiger partial charge in [-0.15, -0.1) is 0 Å². The average Bonchev–Trinajstić information content (AvgIpc) is 3.05. The molecule has 6 nitrogen and oxygen atoms in total. The molecule has 126 valence electrons. The Balaban J connectivity index is 1.88. The van der Waals surface area contributed by atoms with Gasteiger partial charge in [-0.2, -0.15) is 0 Å². The molecule has 1 aliphatic rings. The van der Waals surface area contributed by atoms with E-state index >= 15 is 0 Å². The highest BCUT2D eigenvalue weighted by molar-refractivity contribution is 5.87. The van der Waals surface area contributed by atoms with Crippen molar-refractivity contribution < 1.29 is 14.6 Å². The monoisotopic (exact) mass is 328 g/mol. The molecule has 1 aromatic heterocycles. The minimum absolute atomic E-state index is 0.222. The van der Waals surface area contributed by atoms with Gasteiger partial charge in [0.1, 0.15) is 5.56 Å². The molecule has 1 aromatic carbocycles. The molecule has 6 heteroatoms. The maximum atomic E-state index is 11.9. The van der Waals surface area contributed by atoms with Gasteiger partial charge in [0, 0.05) is 45.2 Å². The first-order chi connectivity index (χ1) is 11.5. The molecule has 1 saturated heterocycles. The number of benzene rings is 1. The van der Waals surface area contributed by atoms with Crippen molar-refractivity contribution in [3.05, 3.63) is 52.3 Å². The fourth-order valence-corrected chi connectivity index (χ4v) is 3.08. The number of aromatic carboxylic acids is 1. The van der Waals surface area contributed by atoms with Crippen LogP contribution < -0.4 is 10.3 Å². The van der Waals surface area contributed by atoms with Crippen molar-refractivity contribution in [2.45, 2.75) is 12.5 Å². The zero-order valence-corrected chi connectivity index (χ0v) is 13.7. The summed E-state index contributed by atoms with van der Waals surface area (Å²) < 4.78 is 7.05. The van der Waals surface area contributed by atoms with Gasteiger partial charge in [0.15, 0.2) is 5.43 Å². The largest absolute Gasteiger partial charge is 0.477 e. The van der Waals surface area contributed by atoms with Gasteiger partial charge in [0.2, 0.25) is 0 Å². The molecule has 3 rings (SSSR count). The number of aryl methyl sites for hydroxylation is 1. The fraction of sp³-hybridized carbons (Fsp3) is 0.333. The van der Waals surface area contributed by atoms with Crippen molar-refractivity contribution in [2.24, 2.45) is 7.05 Å². The first kappa shape index (κ1) is 16.3. The van der Waals surface area contributed by atoms with E-state index in [2.05, 4.69) is 4.90 Å². The van der Waals surface area contributed by atoms with Gasteiger partial charge in [-0.25, -0.2) is 4.79 Å². The van der Waals surface area contributed by atoms with Crippen LogP contribution in [-0.4, -0.2) is 41.9 Å². The second kappa shape index (κ2) is 6.49. The van der Waals surface area contributed by atoms with Crippen molar-refractivity contribution in [3.8, 4) is 11.3 Å². The summed E-state index contributed by atoms with van der Waals surface area (Å²) in [6.45, 7) is 1.84. The van der Waals surface area contributed by atoms with Crippen molar-refractivity contribution >= 4 is 11.7 Å². The second-order valence-electron chi connectivity index (χ2n) is 5.99. The number of pyridine rings is 1. The highest BCUT2D eigenvalue weighted by Crippen LogP contribution is 2.25. The quantitative estimate of drug-likeness (QED) is 0.929. The molecule has 2 aromatic rings. The van der Waals surface area contributed by atoms with Gasteiger partial charge in [-0.3, -0.25) is 4.79 Å². The summed E-state index contributed by atoms with van der Waals surface area (Å²) in [4.78, 5) is 25.2. The van der Waals surface area contributed by atoms with E-state index in [0.29, 0.717) is 5.69 Å². The second-order valence-corrected chi connectivity index (χ2v) is 5.99. The van der Waals surface area contributed by atoms with Gasteiger partial charge in [-0.1, -0.05) is 12.1 Å². The van der Waals surface area contributed by atoms with Gasteiger partial charge in [-0.05, 0) is 24.1 Å². The van der Waals surface area contributed by atoms with E-state index in [1.54, 1.807) is 18.7 Å². The smallest absolute Gasteiger partial charge is 0.341 e. The van der Waals surface area contributed by atoms with Crippen LogP contribution in [0.15, 0.2) is 41.3 Å². The van der Waals surface area contributed by atoms with E-state index in [0.717, 1.165) is 30.8 Å². The molecule has 0 saturated carbocycles. The minimum Gasteiger partial charge on any atom is -0.477 e. The molecule has 1 aliphatic heterocycles. The SMILES string of the molecule is CO[C@@H]1CCN(c2ccc(-c3cc(=O)c(C(=O)O)cn3C)cc2)C1. The molecule has 0 aliphatic carbocycles. The van der Waals surface area contributed by atoms with E-state index in [-0.39, 0.29) is 11.7 Å². The summed E-state index contributed by atoms with van der Waals surface area (Å²) >= 11 is 0. The van der Waals surface area contributed by atoms with Crippen LogP contribution in [0.3, 0.4) is 0 Å². The molecule has 1 atom stereocenters. The number of rotatable bonds is 4. The predicted octanol–water partition coefficient (Wildman–Crippen LogP) is 1.98. The van der Waals surface area contributed by atoms with Crippen LogP contribution in [-0.2, 0) is 11.8 Å². The molecule has 0 bridgehead atoms. The highest BCUT2D eigenvalue weighted by atomic mass is 16.5. The first-order valence-corrected chi connectivity index (χ1v) is 7.81. The number of carbonyl (C=O) groups is 1. The third-order valence-electron chi connectivity index (χ3n) is 4.47. The lowest BCUT2D eigenvalue weighted by atomic mass is 10.1. The normalized spacial score (nSPS) is 17.2. The topological polar surface area (TPSA) is 71.8 Å². The van der Waals surface area contributed by atoms with E-state index in [1.807, 2.05) is 24.3 Å². The van der Waals surface area contributed by atoms with Crippen molar-refractivity contribution in [1.29, 1.82) is 0 Å². The lowest BCUT2D eigenvalue weighted by Gasteiger charge is -2.19. The molecule has 0 unspecified atom stereocenters. The van der Waals surface area contributed by atoms with Crippen LogP contribution in [0.4, 0.5) is 5.69 Å². The predicted molar refractivity (Wildman–Crippen MR) is 91.7 cm³/mol. The molecule has 0 amide bonds. The van der Waals surface area contributed by atoms with Crippen molar-refractivity contribution in [1.82, 2.24) is 4.57 Å². The third-order valence-corrected chi connectivity index (χ3v) is 4.47. The van der Waals surface area contributed by atoms with E-state index in [4.69, 9.17) is 9.84 Å². The van der Waals surface area contributed by atoms with Gasteiger partial charge in [0.25, 0.3) is 0 Å². The summed E-state index contributed by atoms with van der Waals surface area (Å²) in [5.41, 5.74) is 1.97. The molecule has 1 fully saturated rings. The molecule has 0 radical (unpaired) electrons. The van der Waals surface area contributed by atoms with Crippen LogP contribution in [0.5, 0.6) is 0 Å². The Morgan fingerprint density at radius 1 is 1.29 bits per heavy atom. The Labute approximate surface area is 139 Å². The van der Waals surface area contributed by atoms with Gasteiger partial charge >= 0.3 is 5.97 Å². The van der Waals surface area contributed by atoms with Crippen LogP contribution in [0.2, 0.25) is 0 Å².